The number of amides is 1. The van der Waals surface area contributed by atoms with Crippen LogP contribution in [-0.4, -0.2) is 76.3 Å². The number of likely N-dealkylation sites (tertiary alicyclic amines) is 1. The Morgan fingerprint density at radius 1 is 0.977 bits per heavy atom. The molecule has 2 aromatic heterocycles. The zero-order valence-corrected chi connectivity index (χ0v) is 26.7. The highest BCUT2D eigenvalue weighted by Crippen LogP contribution is 2.34. The molecule has 0 atom stereocenters. The van der Waals surface area contributed by atoms with E-state index < -0.39 is 12.1 Å². The molecule has 3 aromatic rings. The second kappa shape index (κ2) is 15.1. The van der Waals surface area contributed by atoms with Crippen LogP contribution >= 0.6 is 0 Å². The van der Waals surface area contributed by atoms with Crippen LogP contribution in [0, 0.1) is 17.8 Å². The zero-order chi connectivity index (χ0) is 31.9. The number of benzene rings is 1. The number of hydrogen-bond donors (Lipinski definition) is 1. The number of pyridine rings is 1. The van der Waals surface area contributed by atoms with Crippen LogP contribution in [0.1, 0.15) is 70.3 Å². The number of fused-ring (bicyclic) bond motifs is 1. The molecule has 0 radical (unpaired) electrons. The molecule has 242 valence electrons. The van der Waals surface area contributed by atoms with E-state index in [9.17, 15) is 18.0 Å². The molecule has 0 aliphatic carbocycles. The summed E-state index contributed by atoms with van der Waals surface area (Å²) in [5.41, 5.74) is 2.48. The Hall–Kier alpha value is -3.34. The van der Waals surface area contributed by atoms with Crippen molar-refractivity contribution in [3.63, 3.8) is 0 Å². The Bertz CT molecular complexity index is 1340. The van der Waals surface area contributed by atoms with E-state index in [4.69, 9.17) is 14.7 Å². The highest BCUT2D eigenvalue weighted by Gasteiger charge is 2.40. The first-order valence-corrected chi connectivity index (χ1v) is 15.8. The summed E-state index contributed by atoms with van der Waals surface area (Å²) in [4.78, 5) is 27.4. The van der Waals surface area contributed by atoms with Crippen LogP contribution in [0.4, 0.5) is 24.8 Å². The monoisotopic (exact) mass is 616 g/mol. The predicted molar refractivity (Wildman–Crippen MR) is 168 cm³/mol. The van der Waals surface area contributed by atoms with Crippen molar-refractivity contribution in [3.05, 3.63) is 42.1 Å². The minimum atomic E-state index is -4.12. The van der Waals surface area contributed by atoms with E-state index in [1.165, 1.54) is 0 Å². The van der Waals surface area contributed by atoms with E-state index in [0.717, 1.165) is 24.3 Å². The fourth-order valence-electron chi connectivity index (χ4n) is 5.47. The second-order valence-electron chi connectivity index (χ2n) is 12.6. The number of ether oxygens (including phenoxy) is 1. The summed E-state index contributed by atoms with van der Waals surface area (Å²) in [6.07, 6.45) is -1.31. The molecule has 11 heteroatoms. The van der Waals surface area contributed by atoms with Crippen molar-refractivity contribution in [2.45, 2.75) is 72.5 Å². The minimum absolute atomic E-state index is 0.0850. The number of nitrogens with one attached hydrogen (secondary N) is 1. The molecule has 0 bridgehead atoms. The average Bonchev–Trinajstić information content (AvgIpc) is 3.32. The lowest BCUT2D eigenvalue weighted by Crippen LogP contribution is -2.39. The van der Waals surface area contributed by atoms with Crippen molar-refractivity contribution >= 4 is 28.7 Å². The van der Waals surface area contributed by atoms with Gasteiger partial charge in [0.2, 0.25) is 5.95 Å². The highest BCUT2D eigenvalue weighted by atomic mass is 19.4. The molecule has 0 unspecified atom stereocenters. The Labute approximate surface area is 259 Å². The molecule has 44 heavy (non-hydrogen) atoms. The molecule has 3 heterocycles. The molecule has 1 aliphatic rings. The minimum Gasteiger partial charge on any atom is -0.497 e. The standard InChI is InChI=1S/C33H47F3N6O2/c1-23(2)13-21-41(22-14-24(3)4)31(43)29-12-11-28-30(38-29)42(32(39-28)37-26-7-9-27(44-5)10-8-26)18-6-17-40-19-15-25(16-20-40)33(34,35)36/h7-12,23-25H,6,13-22H2,1-5H3,(H,37,39). The molecule has 1 aliphatic heterocycles. The van der Waals surface area contributed by atoms with Gasteiger partial charge in [0.1, 0.15) is 17.0 Å². The van der Waals surface area contributed by atoms with Crippen LogP contribution in [0.2, 0.25) is 0 Å². The third-order valence-electron chi connectivity index (χ3n) is 8.30. The van der Waals surface area contributed by atoms with Gasteiger partial charge < -0.3 is 19.9 Å². The van der Waals surface area contributed by atoms with Gasteiger partial charge in [0.25, 0.3) is 5.91 Å². The van der Waals surface area contributed by atoms with Crippen LogP contribution in [0.3, 0.4) is 0 Å². The number of anilines is 2. The molecule has 1 aromatic carbocycles. The maximum Gasteiger partial charge on any atom is 0.391 e. The first kappa shape index (κ1) is 33.6. The average molecular weight is 617 g/mol. The molecule has 1 amide bonds. The maximum atomic E-state index is 13.7. The Kier molecular flexibility index (Phi) is 11.5. The first-order chi connectivity index (χ1) is 20.9. The number of carbonyl (C=O) groups is 1. The number of aryl methyl sites for hydroxylation is 1. The van der Waals surface area contributed by atoms with E-state index in [2.05, 4.69) is 37.9 Å². The van der Waals surface area contributed by atoms with Gasteiger partial charge in [-0.15, -0.1) is 0 Å². The molecule has 0 spiro atoms. The first-order valence-electron chi connectivity index (χ1n) is 15.8. The van der Waals surface area contributed by atoms with Crippen molar-refractivity contribution < 1.29 is 22.7 Å². The van der Waals surface area contributed by atoms with Crippen LogP contribution in [0.15, 0.2) is 36.4 Å². The van der Waals surface area contributed by atoms with Gasteiger partial charge in [-0.1, -0.05) is 27.7 Å². The molecule has 1 saturated heterocycles. The van der Waals surface area contributed by atoms with Crippen LogP contribution < -0.4 is 10.1 Å². The quantitative estimate of drug-likeness (QED) is 0.204. The van der Waals surface area contributed by atoms with E-state index in [1.807, 2.05) is 39.8 Å². The van der Waals surface area contributed by atoms with E-state index in [-0.39, 0.29) is 18.7 Å². The van der Waals surface area contributed by atoms with E-state index in [1.54, 1.807) is 13.2 Å². The molecule has 1 fully saturated rings. The van der Waals surface area contributed by atoms with Crippen molar-refractivity contribution in [3.8, 4) is 5.75 Å². The topological polar surface area (TPSA) is 75.5 Å². The van der Waals surface area contributed by atoms with Gasteiger partial charge >= 0.3 is 6.18 Å². The summed E-state index contributed by atoms with van der Waals surface area (Å²) in [7, 11) is 1.62. The number of alkyl halides is 3. The van der Waals surface area contributed by atoms with Gasteiger partial charge in [0.15, 0.2) is 5.65 Å². The number of halogens is 3. The van der Waals surface area contributed by atoms with Crippen LogP contribution in [0.5, 0.6) is 5.75 Å². The lowest BCUT2D eigenvalue weighted by Gasteiger charge is -2.32. The van der Waals surface area contributed by atoms with Crippen molar-refractivity contribution in [1.29, 1.82) is 0 Å². The number of piperidine rings is 1. The summed E-state index contributed by atoms with van der Waals surface area (Å²) >= 11 is 0. The van der Waals surface area contributed by atoms with E-state index in [0.29, 0.717) is 80.3 Å². The Balaban J connectivity index is 1.57. The smallest absolute Gasteiger partial charge is 0.391 e. The van der Waals surface area contributed by atoms with Gasteiger partial charge in [-0.05, 0) is 100.0 Å². The summed E-state index contributed by atoms with van der Waals surface area (Å²) in [5, 5.41) is 3.38. The lowest BCUT2D eigenvalue weighted by atomic mass is 9.96. The number of imidazole rings is 1. The third-order valence-corrected chi connectivity index (χ3v) is 8.30. The molecule has 4 rings (SSSR count). The van der Waals surface area contributed by atoms with E-state index >= 15 is 0 Å². The van der Waals surface area contributed by atoms with Crippen LogP contribution in [-0.2, 0) is 6.54 Å². The van der Waals surface area contributed by atoms with Crippen LogP contribution in [0.25, 0.3) is 11.2 Å². The number of carbonyl (C=O) groups excluding carboxylic acids is 1. The fourth-order valence-corrected chi connectivity index (χ4v) is 5.47. The summed E-state index contributed by atoms with van der Waals surface area (Å²) in [6.45, 7) is 12.1. The summed E-state index contributed by atoms with van der Waals surface area (Å²) in [6, 6.07) is 11.1. The fraction of sp³-hybridized carbons (Fsp3) is 0.606. The highest BCUT2D eigenvalue weighted by molar-refractivity contribution is 5.94. The van der Waals surface area contributed by atoms with Gasteiger partial charge in [0, 0.05) is 25.3 Å². The van der Waals surface area contributed by atoms with Gasteiger partial charge in [0.05, 0.1) is 13.0 Å². The van der Waals surface area contributed by atoms with Crippen molar-refractivity contribution in [2.24, 2.45) is 17.8 Å². The Morgan fingerprint density at radius 2 is 1.61 bits per heavy atom. The largest absolute Gasteiger partial charge is 0.497 e. The third kappa shape index (κ3) is 9.09. The molecular weight excluding hydrogens is 569 g/mol. The van der Waals surface area contributed by atoms with Crippen molar-refractivity contribution in [1.82, 2.24) is 24.3 Å². The Morgan fingerprint density at radius 3 is 2.18 bits per heavy atom. The summed E-state index contributed by atoms with van der Waals surface area (Å²) in [5.74, 6) is 0.992. The molecule has 1 N–H and O–H groups in total. The lowest BCUT2D eigenvalue weighted by molar-refractivity contribution is -0.185. The number of methoxy groups -OCH3 is 1. The maximum absolute atomic E-state index is 13.7. The SMILES string of the molecule is COc1ccc(Nc2nc3ccc(C(=O)N(CCC(C)C)CCC(C)C)nc3n2CCCN2CCC(C(F)(F)F)CC2)cc1. The number of aromatic nitrogens is 3. The number of hydrogen-bond acceptors (Lipinski definition) is 6. The van der Waals surface area contributed by atoms with Crippen molar-refractivity contribution in [2.75, 3.05) is 45.2 Å². The molecular formula is C33H47F3N6O2. The summed E-state index contributed by atoms with van der Waals surface area (Å²) < 4.78 is 46.7. The van der Waals surface area contributed by atoms with Gasteiger partial charge in [-0.3, -0.25) is 9.36 Å². The second-order valence-corrected chi connectivity index (χ2v) is 12.6. The molecule has 8 nitrogen and oxygen atoms in total. The normalized spacial score (nSPS) is 15.0. The number of nitrogens with zero attached hydrogens (tertiary/aromatic N) is 5. The van der Waals surface area contributed by atoms with Gasteiger partial charge in [-0.25, -0.2) is 9.97 Å². The zero-order valence-electron chi connectivity index (χ0n) is 26.7. The molecule has 0 saturated carbocycles. The van der Waals surface area contributed by atoms with Gasteiger partial charge in [-0.2, -0.15) is 13.2 Å². The predicted octanol–water partition coefficient (Wildman–Crippen LogP) is 7.38. The number of rotatable bonds is 14.